The molecule has 122 valence electrons. The Morgan fingerprint density at radius 3 is 2.55 bits per heavy atom. The van der Waals surface area contributed by atoms with E-state index in [1.165, 1.54) is 6.42 Å². The quantitative estimate of drug-likeness (QED) is 0.565. The maximum atomic E-state index is 11.6. The molecule has 2 rings (SSSR count). The maximum absolute atomic E-state index is 11.6. The second-order valence-electron chi connectivity index (χ2n) is 5.66. The highest BCUT2D eigenvalue weighted by molar-refractivity contribution is 6.34. The molecule has 1 aliphatic carbocycles. The van der Waals surface area contributed by atoms with Gasteiger partial charge in [-0.1, -0.05) is 30.9 Å². The fraction of sp³-hybridized carbons (Fsp3) is 0.588. The number of hydrogen-bond acceptors (Lipinski definition) is 3. The molecule has 5 heteroatoms. The summed E-state index contributed by atoms with van der Waals surface area (Å²) in [6.45, 7) is 2.15. The fourth-order valence-corrected chi connectivity index (χ4v) is 4.00. The summed E-state index contributed by atoms with van der Waals surface area (Å²) >= 11 is 13.3. The fourth-order valence-electron chi connectivity index (χ4n) is 3.07. The van der Waals surface area contributed by atoms with E-state index in [9.17, 15) is 4.79 Å². The first-order chi connectivity index (χ1) is 10.5. The molecule has 1 fully saturated rings. The van der Waals surface area contributed by atoms with Crippen LogP contribution in [0, 0.1) is 0 Å². The zero-order valence-electron chi connectivity index (χ0n) is 13.1. The van der Waals surface area contributed by atoms with Gasteiger partial charge in [-0.15, -0.1) is 11.6 Å². The molecule has 22 heavy (non-hydrogen) atoms. The molecule has 3 nitrogen and oxygen atoms in total. The SMILES string of the molecule is CCOC(=O)Cc1cc(Cl)c(C2(Cl)CCCCC2)c(OC)c1. The van der Waals surface area contributed by atoms with Crippen molar-refractivity contribution in [2.24, 2.45) is 0 Å². The van der Waals surface area contributed by atoms with Crippen molar-refractivity contribution in [1.82, 2.24) is 0 Å². The van der Waals surface area contributed by atoms with E-state index in [1.54, 1.807) is 20.1 Å². The Balaban J connectivity index is 2.33. The summed E-state index contributed by atoms with van der Waals surface area (Å²) in [5.41, 5.74) is 1.63. The van der Waals surface area contributed by atoms with Gasteiger partial charge in [0, 0.05) is 10.6 Å². The molecular formula is C17H22Cl2O3. The van der Waals surface area contributed by atoms with Gasteiger partial charge in [-0.2, -0.15) is 0 Å². The maximum Gasteiger partial charge on any atom is 0.310 e. The molecule has 1 aromatic rings. The summed E-state index contributed by atoms with van der Waals surface area (Å²) in [6.07, 6.45) is 5.35. The van der Waals surface area contributed by atoms with Crippen molar-refractivity contribution in [1.29, 1.82) is 0 Å². The van der Waals surface area contributed by atoms with E-state index in [1.807, 2.05) is 6.07 Å². The van der Waals surface area contributed by atoms with Crippen LogP contribution >= 0.6 is 23.2 Å². The van der Waals surface area contributed by atoms with Gasteiger partial charge >= 0.3 is 5.97 Å². The molecule has 1 saturated carbocycles. The predicted octanol–water partition coefficient (Wildman–Crippen LogP) is 4.85. The molecule has 0 unspecified atom stereocenters. The number of rotatable bonds is 5. The van der Waals surface area contributed by atoms with Crippen LogP contribution in [-0.2, 0) is 20.8 Å². The third-order valence-corrected chi connectivity index (χ3v) is 4.95. The highest BCUT2D eigenvalue weighted by Gasteiger charge is 2.36. The minimum atomic E-state index is -0.469. The number of ether oxygens (including phenoxy) is 2. The first-order valence-corrected chi connectivity index (χ1v) is 8.47. The highest BCUT2D eigenvalue weighted by Crippen LogP contribution is 2.49. The van der Waals surface area contributed by atoms with Crippen LogP contribution in [0.25, 0.3) is 0 Å². The Kier molecular flexibility index (Phi) is 5.99. The Hall–Kier alpha value is -0.930. The number of halogens is 2. The van der Waals surface area contributed by atoms with Crippen molar-refractivity contribution < 1.29 is 14.3 Å². The summed E-state index contributed by atoms with van der Waals surface area (Å²) in [5.74, 6) is 0.385. The van der Waals surface area contributed by atoms with Crippen LogP contribution in [0.1, 0.15) is 50.2 Å². The number of carbonyl (C=O) groups is 1. The Morgan fingerprint density at radius 1 is 1.27 bits per heavy atom. The smallest absolute Gasteiger partial charge is 0.310 e. The number of hydrogen-bond donors (Lipinski definition) is 0. The van der Waals surface area contributed by atoms with Crippen LogP contribution < -0.4 is 4.74 Å². The lowest BCUT2D eigenvalue weighted by atomic mass is 9.82. The summed E-state index contributed by atoms with van der Waals surface area (Å²) in [6, 6.07) is 3.64. The molecule has 0 N–H and O–H groups in total. The number of esters is 1. The highest BCUT2D eigenvalue weighted by atomic mass is 35.5. The second-order valence-corrected chi connectivity index (χ2v) is 6.79. The minimum absolute atomic E-state index is 0.180. The van der Waals surface area contributed by atoms with E-state index >= 15 is 0 Å². The zero-order chi connectivity index (χ0) is 16.2. The van der Waals surface area contributed by atoms with Crippen molar-refractivity contribution in [3.05, 3.63) is 28.3 Å². The monoisotopic (exact) mass is 344 g/mol. The molecular weight excluding hydrogens is 323 g/mol. The average Bonchev–Trinajstić information content (AvgIpc) is 2.47. The standard InChI is InChI=1S/C17H22Cl2O3/c1-3-22-15(20)11-12-9-13(18)16(14(10-12)21-2)17(19)7-5-4-6-8-17/h9-10H,3-8,11H2,1-2H3. The van der Waals surface area contributed by atoms with Crippen molar-refractivity contribution in [2.75, 3.05) is 13.7 Å². The van der Waals surface area contributed by atoms with Gasteiger partial charge in [0.25, 0.3) is 0 Å². The van der Waals surface area contributed by atoms with Crippen LogP contribution in [0.15, 0.2) is 12.1 Å². The van der Waals surface area contributed by atoms with E-state index in [2.05, 4.69) is 0 Å². The van der Waals surface area contributed by atoms with Gasteiger partial charge in [0.1, 0.15) is 5.75 Å². The van der Waals surface area contributed by atoms with Gasteiger partial charge in [-0.05, 0) is 37.5 Å². The molecule has 1 aliphatic rings. The number of benzene rings is 1. The van der Waals surface area contributed by atoms with Crippen LogP contribution in [0.2, 0.25) is 5.02 Å². The van der Waals surface area contributed by atoms with Crippen LogP contribution in [-0.4, -0.2) is 19.7 Å². The molecule has 0 radical (unpaired) electrons. The summed E-state index contributed by atoms with van der Waals surface area (Å²) in [5, 5.41) is 0.565. The van der Waals surface area contributed by atoms with Gasteiger partial charge in [0.05, 0.1) is 25.0 Å². The predicted molar refractivity (Wildman–Crippen MR) is 89.0 cm³/mol. The average molecular weight is 345 g/mol. The van der Waals surface area contributed by atoms with Gasteiger partial charge in [0.2, 0.25) is 0 Å². The first-order valence-electron chi connectivity index (χ1n) is 7.71. The van der Waals surface area contributed by atoms with Gasteiger partial charge in [0.15, 0.2) is 0 Å². The lowest BCUT2D eigenvalue weighted by molar-refractivity contribution is -0.142. The molecule has 0 heterocycles. The summed E-state index contributed by atoms with van der Waals surface area (Å²) < 4.78 is 10.5. The summed E-state index contributed by atoms with van der Waals surface area (Å²) in [7, 11) is 1.60. The van der Waals surface area contributed by atoms with Crippen LogP contribution in [0.3, 0.4) is 0 Å². The van der Waals surface area contributed by atoms with Crippen molar-refractivity contribution in [3.63, 3.8) is 0 Å². The summed E-state index contributed by atoms with van der Waals surface area (Å²) in [4.78, 5) is 11.2. The van der Waals surface area contributed by atoms with E-state index in [4.69, 9.17) is 32.7 Å². The van der Waals surface area contributed by atoms with E-state index < -0.39 is 4.87 Å². The molecule has 0 amide bonds. The first kappa shape index (κ1) is 17.4. The largest absolute Gasteiger partial charge is 0.496 e. The van der Waals surface area contributed by atoms with Gasteiger partial charge in [-0.25, -0.2) is 0 Å². The minimum Gasteiger partial charge on any atom is -0.496 e. The third-order valence-electron chi connectivity index (χ3n) is 4.08. The lowest BCUT2D eigenvalue weighted by Gasteiger charge is -2.33. The normalized spacial score (nSPS) is 17.1. The second kappa shape index (κ2) is 7.56. The molecule has 0 spiro atoms. The molecule has 0 atom stereocenters. The molecule has 0 aliphatic heterocycles. The van der Waals surface area contributed by atoms with Crippen molar-refractivity contribution >= 4 is 29.2 Å². The Morgan fingerprint density at radius 2 is 1.95 bits per heavy atom. The topological polar surface area (TPSA) is 35.5 Å². The zero-order valence-corrected chi connectivity index (χ0v) is 14.6. The van der Waals surface area contributed by atoms with Gasteiger partial charge in [-0.3, -0.25) is 4.79 Å². The number of carbonyl (C=O) groups excluding carboxylic acids is 1. The van der Waals surface area contributed by atoms with Crippen molar-refractivity contribution in [2.45, 2.75) is 50.3 Å². The Labute approximate surface area is 141 Å². The van der Waals surface area contributed by atoms with Gasteiger partial charge < -0.3 is 9.47 Å². The van der Waals surface area contributed by atoms with E-state index in [-0.39, 0.29) is 12.4 Å². The van der Waals surface area contributed by atoms with Crippen molar-refractivity contribution in [3.8, 4) is 5.75 Å². The third kappa shape index (κ3) is 3.88. The number of alkyl halides is 1. The van der Waals surface area contributed by atoms with E-state index in [0.717, 1.165) is 36.8 Å². The van der Waals surface area contributed by atoms with Crippen LogP contribution in [0.5, 0.6) is 5.75 Å². The Bertz CT molecular complexity index is 537. The lowest BCUT2D eigenvalue weighted by Crippen LogP contribution is -2.23. The molecule has 0 aromatic heterocycles. The number of methoxy groups -OCH3 is 1. The molecule has 0 bridgehead atoms. The molecule has 1 aromatic carbocycles. The van der Waals surface area contributed by atoms with E-state index in [0.29, 0.717) is 17.4 Å². The molecule has 0 saturated heterocycles. The van der Waals surface area contributed by atoms with Crippen LogP contribution in [0.4, 0.5) is 0 Å².